The Labute approximate surface area is 72.6 Å². The number of hydrogen-bond donors (Lipinski definition) is 2. The summed E-state index contributed by atoms with van der Waals surface area (Å²) in [6.45, 7) is 2.53. The number of piperidine rings is 1. The zero-order valence-electron chi connectivity index (χ0n) is 7.20. The van der Waals surface area contributed by atoms with E-state index in [1.807, 2.05) is 0 Å². The standard InChI is InChI=1S/C8H16N2O2/c11-6-3-9-8-1-4-10(7-12)5-2-8/h7-9,11H,1-6H2. The monoisotopic (exact) mass is 172 g/mol. The smallest absolute Gasteiger partial charge is 0.209 e. The van der Waals surface area contributed by atoms with E-state index in [-0.39, 0.29) is 6.61 Å². The van der Waals surface area contributed by atoms with E-state index in [1.54, 1.807) is 4.90 Å². The van der Waals surface area contributed by atoms with E-state index in [0.717, 1.165) is 32.3 Å². The van der Waals surface area contributed by atoms with Crippen LogP contribution in [0.1, 0.15) is 12.8 Å². The van der Waals surface area contributed by atoms with Crippen molar-refractivity contribution in [3.63, 3.8) is 0 Å². The third kappa shape index (κ3) is 2.79. The zero-order valence-corrected chi connectivity index (χ0v) is 7.20. The summed E-state index contributed by atoms with van der Waals surface area (Å²) in [6, 6.07) is 0.480. The van der Waals surface area contributed by atoms with Crippen LogP contribution in [0.25, 0.3) is 0 Å². The number of carbonyl (C=O) groups excluding carboxylic acids is 1. The van der Waals surface area contributed by atoms with Gasteiger partial charge in [0.2, 0.25) is 6.41 Å². The van der Waals surface area contributed by atoms with Crippen molar-refractivity contribution in [1.82, 2.24) is 10.2 Å². The Bertz CT molecular complexity index is 133. The first-order valence-corrected chi connectivity index (χ1v) is 4.40. The van der Waals surface area contributed by atoms with Crippen LogP contribution in [-0.2, 0) is 4.79 Å². The average Bonchev–Trinajstić information content (AvgIpc) is 2.15. The molecule has 0 unspecified atom stereocenters. The van der Waals surface area contributed by atoms with Gasteiger partial charge in [-0.3, -0.25) is 4.79 Å². The van der Waals surface area contributed by atoms with Crippen molar-refractivity contribution < 1.29 is 9.90 Å². The highest BCUT2D eigenvalue weighted by molar-refractivity contribution is 5.47. The van der Waals surface area contributed by atoms with Gasteiger partial charge >= 0.3 is 0 Å². The summed E-state index contributed by atoms with van der Waals surface area (Å²) in [4.78, 5) is 12.1. The summed E-state index contributed by atoms with van der Waals surface area (Å²) >= 11 is 0. The lowest BCUT2D eigenvalue weighted by Crippen LogP contribution is -2.42. The van der Waals surface area contributed by atoms with Crippen molar-refractivity contribution in [3.05, 3.63) is 0 Å². The molecular formula is C8H16N2O2. The maximum atomic E-state index is 10.3. The van der Waals surface area contributed by atoms with Crippen molar-refractivity contribution in [3.8, 4) is 0 Å². The molecule has 1 aliphatic heterocycles. The van der Waals surface area contributed by atoms with Gasteiger partial charge in [0.15, 0.2) is 0 Å². The van der Waals surface area contributed by atoms with E-state index >= 15 is 0 Å². The predicted octanol–water partition coefficient (Wildman–Crippen LogP) is -0.811. The molecule has 1 heterocycles. The topological polar surface area (TPSA) is 52.6 Å². The summed E-state index contributed by atoms with van der Waals surface area (Å²) in [5.41, 5.74) is 0. The minimum absolute atomic E-state index is 0.188. The first kappa shape index (κ1) is 9.48. The van der Waals surface area contributed by atoms with Crippen LogP contribution in [-0.4, -0.2) is 48.7 Å². The van der Waals surface area contributed by atoms with Crippen molar-refractivity contribution in [2.24, 2.45) is 0 Å². The van der Waals surface area contributed by atoms with E-state index in [2.05, 4.69) is 5.32 Å². The molecule has 0 saturated carbocycles. The number of carbonyl (C=O) groups is 1. The molecule has 1 amide bonds. The van der Waals surface area contributed by atoms with Crippen molar-refractivity contribution in [1.29, 1.82) is 0 Å². The number of nitrogens with zero attached hydrogens (tertiary/aromatic N) is 1. The molecule has 0 aliphatic carbocycles. The van der Waals surface area contributed by atoms with E-state index in [0.29, 0.717) is 12.6 Å². The first-order valence-electron chi connectivity index (χ1n) is 4.40. The number of hydrogen-bond acceptors (Lipinski definition) is 3. The van der Waals surface area contributed by atoms with Crippen molar-refractivity contribution in [2.75, 3.05) is 26.2 Å². The molecule has 1 rings (SSSR count). The lowest BCUT2D eigenvalue weighted by atomic mass is 10.1. The Morgan fingerprint density at radius 3 is 2.67 bits per heavy atom. The molecule has 0 atom stereocenters. The van der Waals surface area contributed by atoms with Gasteiger partial charge in [0.1, 0.15) is 0 Å². The molecule has 0 aromatic rings. The van der Waals surface area contributed by atoms with Gasteiger partial charge in [0, 0.05) is 25.7 Å². The Kier molecular flexibility index (Phi) is 4.04. The molecule has 1 aliphatic rings. The zero-order chi connectivity index (χ0) is 8.81. The van der Waals surface area contributed by atoms with Crippen molar-refractivity contribution >= 4 is 6.41 Å². The highest BCUT2D eigenvalue weighted by Crippen LogP contribution is 2.07. The highest BCUT2D eigenvalue weighted by atomic mass is 16.3. The van der Waals surface area contributed by atoms with Crippen LogP contribution in [0, 0.1) is 0 Å². The van der Waals surface area contributed by atoms with Gasteiger partial charge in [0.05, 0.1) is 6.61 Å². The second kappa shape index (κ2) is 5.11. The van der Waals surface area contributed by atoms with Gasteiger partial charge in [-0.15, -0.1) is 0 Å². The summed E-state index contributed by atoms with van der Waals surface area (Å²) in [5, 5.41) is 11.8. The van der Waals surface area contributed by atoms with Crippen molar-refractivity contribution in [2.45, 2.75) is 18.9 Å². The fraction of sp³-hybridized carbons (Fsp3) is 0.875. The number of amides is 1. The third-order valence-electron chi connectivity index (χ3n) is 2.22. The maximum absolute atomic E-state index is 10.3. The van der Waals surface area contributed by atoms with E-state index < -0.39 is 0 Å². The van der Waals surface area contributed by atoms with Gasteiger partial charge in [0.25, 0.3) is 0 Å². The second-order valence-electron chi connectivity index (χ2n) is 3.09. The van der Waals surface area contributed by atoms with Gasteiger partial charge in [-0.2, -0.15) is 0 Å². The molecule has 0 aromatic carbocycles. The molecule has 0 spiro atoms. The summed E-state index contributed by atoms with van der Waals surface area (Å²) < 4.78 is 0. The van der Waals surface area contributed by atoms with Crippen LogP contribution in [0.15, 0.2) is 0 Å². The normalized spacial score (nSPS) is 19.6. The molecule has 70 valence electrons. The molecule has 4 heteroatoms. The van der Waals surface area contributed by atoms with Gasteiger partial charge < -0.3 is 15.3 Å². The average molecular weight is 172 g/mol. The van der Waals surface area contributed by atoms with Crippen LogP contribution in [0.2, 0.25) is 0 Å². The van der Waals surface area contributed by atoms with E-state index in [9.17, 15) is 4.79 Å². The molecule has 0 radical (unpaired) electrons. The fourth-order valence-corrected chi connectivity index (χ4v) is 1.48. The molecule has 1 fully saturated rings. The highest BCUT2D eigenvalue weighted by Gasteiger charge is 2.16. The number of likely N-dealkylation sites (tertiary alicyclic amines) is 1. The lowest BCUT2D eigenvalue weighted by molar-refractivity contribution is -0.119. The molecule has 1 saturated heterocycles. The summed E-state index contributed by atoms with van der Waals surface area (Å²) in [7, 11) is 0. The number of aliphatic hydroxyl groups excluding tert-OH is 1. The molecule has 0 aromatic heterocycles. The maximum Gasteiger partial charge on any atom is 0.209 e. The second-order valence-corrected chi connectivity index (χ2v) is 3.09. The number of nitrogens with one attached hydrogen (secondary N) is 1. The third-order valence-corrected chi connectivity index (χ3v) is 2.22. The van der Waals surface area contributed by atoms with Crippen LogP contribution in [0.4, 0.5) is 0 Å². The fourth-order valence-electron chi connectivity index (χ4n) is 1.48. The Hall–Kier alpha value is -0.610. The van der Waals surface area contributed by atoms with Gasteiger partial charge in [-0.1, -0.05) is 0 Å². The molecule has 0 bridgehead atoms. The van der Waals surface area contributed by atoms with Gasteiger partial charge in [-0.05, 0) is 12.8 Å². The molecule has 4 nitrogen and oxygen atoms in total. The minimum Gasteiger partial charge on any atom is -0.395 e. The quantitative estimate of drug-likeness (QED) is 0.545. The van der Waals surface area contributed by atoms with Gasteiger partial charge in [-0.25, -0.2) is 0 Å². The lowest BCUT2D eigenvalue weighted by Gasteiger charge is -2.29. The van der Waals surface area contributed by atoms with Crippen LogP contribution >= 0.6 is 0 Å². The number of rotatable bonds is 4. The first-order chi connectivity index (χ1) is 5.86. The predicted molar refractivity (Wildman–Crippen MR) is 45.7 cm³/mol. The summed E-state index contributed by atoms with van der Waals surface area (Å²) in [5.74, 6) is 0. The Morgan fingerprint density at radius 2 is 2.17 bits per heavy atom. The Balaban J connectivity index is 2.12. The minimum atomic E-state index is 0.188. The van der Waals surface area contributed by atoms with Crippen LogP contribution in [0.5, 0.6) is 0 Å². The largest absolute Gasteiger partial charge is 0.395 e. The van der Waals surface area contributed by atoms with Crippen LogP contribution < -0.4 is 5.32 Å². The summed E-state index contributed by atoms with van der Waals surface area (Å²) in [6.07, 6.45) is 2.90. The van der Waals surface area contributed by atoms with E-state index in [4.69, 9.17) is 5.11 Å². The Morgan fingerprint density at radius 1 is 1.50 bits per heavy atom. The molecular weight excluding hydrogens is 156 g/mol. The SMILES string of the molecule is O=CN1CCC(NCCO)CC1. The van der Waals surface area contributed by atoms with E-state index in [1.165, 1.54) is 0 Å². The molecule has 2 N–H and O–H groups in total. The van der Waals surface area contributed by atoms with Crippen LogP contribution in [0.3, 0.4) is 0 Å². The number of aliphatic hydroxyl groups is 1. The molecule has 12 heavy (non-hydrogen) atoms.